The molecule has 0 saturated carbocycles. The Morgan fingerprint density at radius 1 is 1.29 bits per heavy atom. The molecule has 13 heteroatoms. The number of anilines is 1. The third-order valence-corrected chi connectivity index (χ3v) is 6.61. The van der Waals surface area contributed by atoms with E-state index >= 15 is 0 Å². The first-order valence-electron chi connectivity index (χ1n) is 9.48. The molecule has 0 spiro atoms. The zero-order chi connectivity index (χ0) is 22.2. The quantitative estimate of drug-likeness (QED) is 0.251. The van der Waals surface area contributed by atoms with E-state index in [0.717, 1.165) is 5.13 Å². The number of rotatable bonds is 9. The Labute approximate surface area is 186 Å². The predicted molar refractivity (Wildman–Crippen MR) is 117 cm³/mol. The third kappa shape index (κ3) is 6.35. The summed E-state index contributed by atoms with van der Waals surface area (Å²) in [6, 6.07) is 5.76. The summed E-state index contributed by atoms with van der Waals surface area (Å²) in [4.78, 5) is 38.6. The summed E-state index contributed by atoms with van der Waals surface area (Å²) in [5.74, 6) is -0.0625. The smallest absolute Gasteiger partial charge is 0.270 e. The summed E-state index contributed by atoms with van der Waals surface area (Å²) >= 11 is 2.73. The Bertz CT molecular complexity index is 932. The number of hydrogen-bond donors (Lipinski definition) is 1. The van der Waals surface area contributed by atoms with Crippen molar-refractivity contribution in [1.29, 1.82) is 0 Å². The number of nitro groups is 1. The summed E-state index contributed by atoms with van der Waals surface area (Å²) in [6.45, 7) is 3.05. The number of methoxy groups -OCH3 is 1. The highest BCUT2D eigenvalue weighted by Crippen LogP contribution is 2.28. The minimum Gasteiger partial charge on any atom is -0.383 e. The van der Waals surface area contributed by atoms with E-state index in [0.29, 0.717) is 49.2 Å². The Balaban J connectivity index is 1.49. The Hall–Kier alpha value is -2.77. The van der Waals surface area contributed by atoms with Gasteiger partial charge in [-0.15, -0.1) is 10.2 Å². The van der Waals surface area contributed by atoms with Gasteiger partial charge in [0.2, 0.25) is 11.0 Å². The highest BCUT2D eigenvalue weighted by molar-refractivity contribution is 8.01. The van der Waals surface area contributed by atoms with E-state index < -0.39 is 4.92 Å². The Morgan fingerprint density at radius 3 is 2.77 bits per heavy atom. The number of piperazine rings is 1. The molecule has 1 N–H and O–H groups in total. The topological polar surface area (TPSA) is 131 Å². The second-order valence-corrected chi connectivity index (χ2v) is 8.75. The monoisotopic (exact) mass is 466 g/mol. The molecule has 166 valence electrons. The van der Waals surface area contributed by atoms with Crippen LogP contribution in [-0.4, -0.2) is 84.0 Å². The van der Waals surface area contributed by atoms with Gasteiger partial charge in [-0.05, 0) is 6.07 Å². The van der Waals surface area contributed by atoms with Crippen LogP contribution in [0.3, 0.4) is 0 Å². The third-order valence-electron chi connectivity index (χ3n) is 4.49. The van der Waals surface area contributed by atoms with Gasteiger partial charge in [-0.3, -0.25) is 19.7 Å². The van der Waals surface area contributed by atoms with E-state index in [1.807, 2.05) is 4.90 Å². The van der Waals surface area contributed by atoms with E-state index in [9.17, 15) is 19.7 Å². The molecule has 1 aromatic heterocycles. The average Bonchev–Trinajstić information content (AvgIpc) is 3.27. The van der Waals surface area contributed by atoms with Crippen LogP contribution in [0.1, 0.15) is 10.4 Å². The highest BCUT2D eigenvalue weighted by Gasteiger charge is 2.25. The molecule has 0 atom stereocenters. The van der Waals surface area contributed by atoms with Gasteiger partial charge in [0.25, 0.3) is 11.6 Å². The standard InChI is InChI=1S/C18H22N6O5S2/c1-29-10-5-19-15(25)12-30-18-21-20-17(31-18)23-8-6-22(7-9-23)16(26)13-3-2-4-14(11-13)24(27)28/h2-4,11H,5-10,12H2,1H3,(H,19,25). The van der Waals surface area contributed by atoms with Crippen molar-refractivity contribution >= 4 is 45.7 Å². The van der Waals surface area contributed by atoms with Crippen LogP contribution in [-0.2, 0) is 9.53 Å². The molecular formula is C18H22N6O5S2. The maximum absolute atomic E-state index is 12.7. The molecule has 2 heterocycles. The summed E-state index contributed by atoms with van der Waals surface area (Å²) in [6.07, 6.45) is 0. The Kier molecular flexibility index (Phi) is 8.14. The molecule has 1 aromatic carbocycles. The van der Waals surface area contributed by atoms with Gasteiger partial charge in [-0.2, -0.15) is 0 Å². The van der Waals surface area contributed by atoms with Crippen molar-refractivity contribution in [3.8, 4) is 0 Å². The minimum absolute atomic E-state index is 0.0907. The lowest BCUT2D eigenvalue weighted by Crippen LogP contribution is -2.48. The molecule has 2 aromatic rings. The van der Waals surface area contributed by atoms with E-state index in [2.05, 4.69) is 15.5 Å². The van der Waals surface area contributed by atoms with Crippen molar-refractivity contribution in [3.63, 3.8) is 0 Å². The number of nitrogens with zero attached hydrogens (tertiary/aromatic N) is 5. The molecule has 0 unspecified atom stereocenters. The van der Waals surface area contributed by atoms with Crippen molar-refractivity contribution in [2.45, 2.75) is 4.34 Å². The molecule has 0 bridgehead atoms. The molecule has 1 aliphatic heterocycles. The average molecular weight is 467 g/mol. The number of amides is 2. The number of carbonyl (C=O) groups excluding carboxylic acids is 2. The fourth-order valence-electron chi connectivity index (χ4n) is 2.90. The Morgan fingerprint density at radius 2 is 2.06 bits per heavy atom. The van der Waals surface area contributed by atoms with Crippen LogP contribution >= 0.6 is 23.1 Å². The van der Waals surface area contributed by atoms with Gasteiger partial charge in [-0.1, -0.05) is 29.2 Å². The normalized spacial score (nSPS) is 13.8. The van der Waals surface area contributed by atoms with Crippen molar-refractivity contribution in [3.05, 3.63) is 39.9 Å². The van der Waals surface area contributed by atoms with Crippen LogP contribution in [0.5, 0.6) is 0 Å². The van der Waals surface area contributed by atoms with E-state index in [4.69, 9.17) is 4.74 Å². The van der Waals surface area contributed by atoms with Crippen LogP contribution < -0.4 is 10.2 Å². The molecule has 2 amide bonds. The fourth-order valence-corrected chi connectivity index (χ4v) is 4.62. The van der Waals surface area contributed by atoms with Crippen LogP contribution in [0.2, 0.25) is 0 Å². The largest absolute Gasteiger partial charge is 0.383 e. The lowest BCUT2D eigenvalue weighted by Gasteiger charge is -2.34. The summed E-state index contributed by atoms with van der Waals surface area (Å²) in [5.41, 5.74) is 0.205. The molecule has 31 heavy (non-hydrogen) atoms. The van der Waals surface area contributed by atoms with Gasteiger partial charge in [0.05, 0.1) is 17.3 Å². The maximum atomic E-state index is 12.7. The van der Waals surface area contributed by atoms with Crippen molar-refractivity contribution in [1.82, 2.24) is 20.4 Å². The van der Waals surface area contributed by atoms with Gasteiger partial charge in [0, 0.05) is 57.5 Å². The fraction of sp³-hybridized carbons (Fsp3) is 0.444. The maximum Gasteiger partial charge on any atom is 0.270 e. The van der Waals surface area contributed by atoms with E-state index in [1.165, 1.54) is 41.3 Å². The second kappa shape index (κ2) is 11.0. The zero-order valence-electron chi connectivity index (χ0n) is 16.9. The summed E-state index contributed by atoms with van der Waals surface area (Å²) in [5, 5.41) is 22.7. The number of ether oxygens (including phenoxy) is 1. The first-order valence-corrected chi connectivity index (χ1v) is 11.3. The minimum atomic E-state index is -0.511. The predicted octanol–water partition coefficient (Wildman–Crippen LogP) is 1.26. The van der Waals surface area contributed by atoms with Crippen molar-refractivity contribution in [2.24, 2.45) is 0 Å². The summed E-state index contributed by atoms with van der Waals surface area (Å²) < 4.78 is 5.59. The highest BCUT2D eigenvalue weighted by atomic mass is 32.2. The lowest BCUT2D eigenvalue weighted by molar-refractivity contribution is -0.384. The van der Waals surface area contributed by atoms with Crippen LogP contribution in [0, 0.1) is 10.1 Å². The van der Waals surface area contributed by atoms with Crippen LogP contribution in [0.15, 0.2) is 28.6 Å². The molecular weight excluding hydrogens is 444 g/mol. The summed E-state index contributed by atoms with van der Waals surface area (Å²) in [7, 11) is 1.58. The lowest BCUT2D eigenvalue weighted by atomic mass is 10.1. The first kappa shape index (κ1) is 22.9. The number of benzene rings is 1. The number of aromatic nitrogens is 2. The van der Waals surface area contributed by atoms with Gasteiger partial charge in [-0.25, -0.2) is 0 Å². The molecule has 0 radical (unpaired) electrons. The molecule has 11 nitrogen and oxygen atoms in total. The molecule has 0 aliphatic carbocycles. The molecule has 1 aliphatic rings. The number of nitrogens with one attached hydrogen (secondary N) is 1. The van der Waals surface area contributed by atoms with Gasteiger partial charge in [0.1, 0.15) is 0 Å². The number of thioether (sulfide) groups is 1. The van der Waals surface area contributed by atoms with Crippen molar-refractivity contribution < 1.29 is 19.2 Å². The number of hydrogen-bond acceptors (Lipinski definition) is 10. The number of non-ortho nitro benzene ring substituents is 1. The van der Waals surface area contributed by atoms with Gasteiger partial charge < -0.3 is 19.9 Å². The van der Waals surface area contributed by atoms with Crippen LogP contribution in [0.25, 0.3) is 0 Å². The van der Waals surface area contributed by atoms with Crippen molar-refractivity contribution in [2.75, 3.05) is 57.1 Å². The van der Waals surface area contributed by atoms with Crippen LogP contribution in [0.4, 0.5) is 10.8 Å². The SMILES string of the molecule is COCCNC(=O)CSc1nnc(N2CCN(C(=O)c3cccc([N+](=O)[O-])c3)CC2)s1. The number of carbonyl (C=O) groups is 2. The number of nitro benzene ring substituents is 1. The van der Waals surface area contributed by atoms with E-state index in [1.54, 1.807) is 18.1 Å². The molecule has 1 saturated heterocycles. The van der Waals surface area contributed by atoms with Gasteiger partial charge >= 0.3 is 0 Å². The second-order valence-electron chi connectivity index (χ2n) is 6.57. The first-order chi connectivity index (χ1) is 15.0. The zero-order valence-corrected chi connectivity index (χ0v) is 18.5. The molecule has 3 rings (SSSR count). The molecule has 1 fully saturated rings. The van der Waals surface area contributed by atoms with Gasteiger partial charge in [0.15, 0.2) is 4.34 Å². The van der Waals surface area contributed by atoms with E-state index in [-0.39, 0.29) is 23.3 Å².